The minimum absolute atomic E-state index is 0.459. The number of nitrogens with zero attached hydrogens (tertiary/aromatic N) is 3. The van der Waals surface area contributed by atoms with Gasteiger partial charge in [0, 0.05) is 30.3 Å². The zero-order chi connectivity index (χ0) is 11.4. The van der Waals surface area contributed by atoms with Crippen molar-refractivity contribution in [3.8, 4) is 0 Å². The third kappa shape index (κ3) is 2.51. The van der Waals surface area contributed by atoms with E-state index in [4.69, 9.17) is 0 Å². The first-order valence-electron chi connectivity index (χ1n) is 5.75. The van der Waals surface area contributed by atoms with Crippen molar-refractivity contribution in [1.29, 1.82) is 0 Å². The van der Waals surface area contributed by atoms with Gasteiger partial charge in [-0.15, -0.1) is 0 Å². The molecule has 0 saturated carbocycles. The van der Waals surface area contributed by atoms with Crippen LogP contribution in [0.2, 0.25) is 0 Å². The number of aromatic amines is 1. The van der Waals surface area contributed by atoms with Crippen LogP contribution < -0.4 is 0 Å². The van der Waals surface area contributed by atoms with Crippen molar-refractivity contribution < 1.29 is 0 Å². The van der Waals surface area contributed by atoms with E-state index in [1.54, 1.807) is 0 Å². The number of nitrogens with one attached hydrogen (secondary N) is 1. The predicted octanol–water partition coefficient (Wildman–Crippen LogP) is 2.75. The monoisotopic (exact) mass is 218 g/mol. The molecule has 0 saturated heterocycles. The van der Waals surface area contributed by atoms with Crippen LogP contribution in [0.4, 0.5) is 0 Å². The van der Waals surface area contributed by atoms with Crippen LogP contribution in [0.3, 0.4) is 0 Å². The molecule has 0 aliphatic rings. The minimum Gasteiger partial charge on any atom is -0.282 e. The normalized spacial score (nSPS) is 14.9. The second-order valence-corrected chi connectivity index (χ2v) is 4.33. The van der Waals surface area contributed by atoms with E-state index >= 15 is 0 Å². The molecule has 1 N–H and O–H groups in total. The largest absolute Gasteiger partial charge is 0.282 e. The second-order valence-electron chi connectivity index (χ2n) is 4.33. The van der Waals surface area contributed by atoms with E-state index in [1.165, 1.54) is 5.69 Å². The molecule has 0 aliphatic carbocycles. The lowest BCUT2D eigenvalue weighted by atomic mass is 9.99. The van der Waals surface area contributed by atoms with Gasteiger partial charge in [-0.2, -0.15) is 10.2 Å². The summed E-state index contributed by atoms with van der Waals surface area (Å²) in [7, 11) is 0. The summed E-state index contributed by atoms with van der Waals surface area (Å²) in [5.74, 6) is 0.528. The lowest BCUT2D eigenvalue weighted by Gasteiger charge is -2.14. The van der Waals surface area contributed by atoms with E-state index in [0.29, 0.717) is 12.0 Å². The molecule has 0 bridgehead atoms. The molecule has 4 heteroatoms. The predicted molar refractivity (Wildman–Crippen MR) is 63.2 cm³/mol. The quantitative estimate of drug-likeness (QED) is 0.838. The lowest BCUT2D eigenvalue weighted by molar-refractivity contribution is 0.428. The SMILES string of the molecule is CC(CCC(C)n1cccn1)c1ccn[nH]1. The summed E-state index contributed by atoms with van der Waals surface area (Å²) >= 11 is 0. The van der Waals surface area contributed by atoms with Gasteiger partial charge in [-0.05, 0) is 37.8 Å². The molecule has 2 heterocycles. The number of rotatable bonds is 5. The van der Waals surface area contributed by atoms with E-state index in [0.717, 1.165) is 12.8 Å². The van der Waals surface area contributed by atoms with Crippen LogP contribution in [-0.2, 0) is 0 Å². The van der Waals surface area contributed by atoms with Crippen molar-refractivity contribution in [3.05, 3.63) is 36.4 Å². The maximum Gasteiger partial charge on any atom is 0.0491 e. The maximum absolute atomic E-state index is 4.25. The first kappa shape index (κ1) is 10.9. The Morgan fingerprint density at radius 1 is 1.31 bits per heavy atom. The van der Waals surface area contributed by atoms with E-state index < -0.39 is 0 Å². The summed E-state index contributed by atoms with van der Waals surface area (Å²) < 4.78 is 2.01. The Hall–Kier alpha value is -1.58. The Balaban J connectivity index is 1.84. The van der Waals surface area contributed by atoms with Crippen molar-refractivity contribution in [2.75, 3.05) is 0 Å². The summed E-state index contributed by atoms with van der Waals surface area (Å²) in [6.07, 6.45) is 7.92. The first-order chi connectivity index (χ1) is 7.77. The van der Waals surface area contributed by atoms with Crippen molar-refractivity contribution in [2.45, 2.75) is 38.6 Å². The molecule has 0 aromatic carbocycles. The smallest absolute Gasteiger partial charge is 0.0491 e. The van der Waals surface area contributed by atoms with Crippen LogP contribution in [0.15, 0.2) is 30.7 Å². The van der Waals surface area contributed by atoms with Crippen LogP contribution in [0.5, 0.6) is 0 Å². The van der Waals surface area contributed by atoms with Gasteiger partial charge in [0.15, 0.2) is 0 Å². The summed E-state index contributed by atoms with van der Waals surface area (Å²) in [6, 6.07) is 4.47. The average molecular weight is 218 g/mol. The lowest BCUT2D eigenvalue weighted by Crippen LogP contribution is -2.07. The van der Waals surface area contributed by atoms with Gasteiger partial charge in [0.25, 0.3) is 0 Å². The van der Waals surface area contributed by atoms with E-state index in [-0.39, 0.29) is 0 Å². The summed E-state index contributed by atoms with van der Waals surface area (Å²) in [6.45, 7) is 4.43. The van der Waals surface area contributed by atoms with Gasteiger partial charge in [0.1, 0.15) is 0 Å². The van der Waals surface area contributed by atoms with E-state index in [9.17, 15) is 0 Å². The van der Waals surface area contributed by atoms with Crippen molar-refractivity contribution in [3.63, 3.8) is 0 Å². The van der Waals surface area contributed by atoms with Crippen LogP contribution in [0, 0.1) is 0 Å². The Morgan fingerprint density at radius 3 is 2.81 bits per heavy atom. The average Bonchev–Trinajstić information content (AvgIpc) is 2.95. The van der Waals surface area contributed by atoms with Crippen molar-refractivity contribution in [2.24, 2.45) is 0 Å². The van der Waals surface area contributed by atoms with Crippen LogP contribution >= 0.6 is 0 Å². The Labute approximate surface area is 95.7 Å². The van der Waals surface area contributed by atoms with Gasteiger partial charge < -0.3 is 0 Å². The van der Waals surface area contributed by atoms with Crippen LogP contribution in [-0.4, -0.2) is 20.0 Å². The minimum atomic E-state index is 0.459. The molecule has 2 rings (SSSR count). The molecule has 2 unspecified atom stereocenters. The van der Waals surface area contributed by atoms with Gasteiger partial charge in [0.2, 0.25) is 0 Å². The molecular formula is C12H18N4. The van der Waals surface area contributed by atoms with Gasteiger partial charge in [0.05, 0.1) is 0 Å². The topological polar surface area (TPSA) is 46.5 Å². The summed E-state index contributed by atoms with van der Waals surface area (Å²) in [4.78, 5) is 0. The molecular weight excluding hydrogens is 200 g/mol. The standard InChI is InChI=1S/C12H18N4/c1-10(12-6-8-13-15-12)4-5-11(2)16-9-3-7-14-16/h3,6-11H,4-5H2,1-2H3,(H,13,15). The number of aromatic nitrogens is 4. The van der Waals surface area contributed by atoms with Gasteiger partial charge >= 0.3 is 0 Å². The number of H-pyrrole nitrogens is 1. The molecule has 2 aromatic rings. The fourth-order valence-corrected chi connectivity index (χ4v) is 1.86. The van der Waals surface area contributed by atoms with Gasteiger partial charge in [-0.3, -0.25) is 9.78 Å². The van der Waals surface area contributed by atoms with Crippen molar-refractivity contribution >= 4 is 0 Å². The van der Waals surface area contributed by atoms with Gasteiger partial charge in [-0.25, -0.2) is 0 Å². The fraction of sp³-hybridized carbons (Fsp3) is 0.500. The molecule has 2 atom stereocenters. The van der Waals surface area contributed by atoms with Crippen LogP contribution in [0.25, 0.3) is 0 Å². The molecule has 0 spiro atoms. The molecule has 86 valence electrons. The van der Waals surface area contributed by atoms with Gasteiger partial charge in [-0.1, -0.05) is 6.92 Å². The third-order valence-electron chi connectivity index (χ3n) is 3.05. The highest BCUT2D eigenvalue weighted by atomic mass is 15.3. The Morgan fingerprint density at radius 2 is 2.19 bits per heavy atom. The van der Waals surface area contributed by atoms with Crippen LogP contribution in [0.1, 0.15) is 44.3 Å². The highest BCUT2D eigenvalue weighted by Crippen LogP contribution is 2.22. The highest BCUT2D eigenvalue weighted by molar-refractivity contribution is 5.03. The first-order valence-corrected chi connectivity index (χ1v) is 5.75. The zero-order valence-corrected chi connectivity index (χ0v) is 9.80. The summed E-state index contributed by atoms with van der Waals surface area (Å²) in [5, 5.41) is 11.3. The molecule has 0 fully saturated rings. The molecule has 16 heavy (non-hydrogen) atoms. The molecule has 0 amide bonds. The number of hydrogen-bond acceptors (Lipinski definition) is 2. The van der Waals surface area contributed by atoms with Crippen molar-refractivity contribution in [1.82, 2.24) is 20.0 Å². The van der Waals surface area contributed by atoms with E-state index in [2.05, 4.69) is 29.1 Å². The fourth-order valence-electron chi connectivity index (χ4n) is 1.86. The second kappa shape index (κ2) is 4.96. The van der Waals surface area contributed by atoms with E-state index in [1.807, 2.05) is 35.4 Å². The Bertz CT molecular complexity index is 350. The highest BCUT2D eigenvalue weighted by Gasteiger charge is 2.10. The number of hydrogen-bond donors (Lipinski definition) is 1. The molecule has 2 aromatic heterocycles. The molecule has 0 radical (unpaired) electrons. The zero-order valence-electron chi connectivity index (χ0n) is 9.80. The summed E-state index contributed by atoms with van der Waals surface area (Å²) in [5.41, 5.74) is 1.22. The molecule has 0 aliphatic heterocycles. The maximum atomic E-state index is 4.25. The molecule has 4 nitrogen and oxygen atoms in total. The third-order valence-corrected chi connectivity index (χ3v) is 3.05. The Kier molecular flexibility index (Phi) is 3.39.